The Kier molecular flexibility index (Phi) is 7.82. The van der Waals surface area contributed by atoms with E-state index in [0.29, 0.717) is 36.9 Å². The minimum Gasteiger partial charge on any atom is -0.383 e. The summed E-state index contributed by atoms with van der Waals surface area (Å²) in [6.07, 6.45) is 1.42. The molecule has 7 nitrogen and oxygen atoms in total. The Morgan fingerprint density at radius 2 is 2.16 bits per heavy atom. The van der Waals surface area contributed by atoms with E-state index in [4.69, 9.17) is 4.74 Å². The molecule has 1 saturated heterocycles. The van der Waals surface area contributed by atoms with E-state index < -0.39 is 10.0 Å². The maximum absolute atomic E-state index is 12.7. The van der Waals surface area contributed by atoms with Gasteiger partial charge in [0.05, 0.1) is 12.5 Å². The van der Waals surface area contributed by atoms with Gasteiger partial charge in [0, 0.05) is 44.7 Å². The van der Waals surface area contributed by atoms with Gasteiger partial charge in [0.1, 0.15) is 4.21 Å². The summed E-state index contributed by atoms with van der Waals surface area (Å²) in [6.45, 7) is 5.17. The number of hydrogen-bond acceptors (Lipinski definition) is 6. The van der Waals surface area contributed by atoms with E-state index in [-0.39, 0.29) is 18.4 Å². The van der Waals surface area contributed by atoms with Crippen LogP contribution in [-0.2, 0) is 19.6 Å². The van der Waals surface area contributed by atoms with Crippen molar-refractivity contribution in [1.82, 2.24) is 14.9 Å². The molecule has 1 fully saturated rings. The van der Waals surface area contributed by atoms with Crippen LogP contribution in [0.3, 0.4) is 0 Å². The summed E-state index contributed by atoms with van der Waals surface area (Å²) in [4.78, 5) is 13.3. The van der Waals surface area contributed by atoms with E-state index in [1.54, 1.807) is 13.2 Å². The van der Waals surface area contributed by atoms with Crippen molar-refractivity contribution in [1.29, 1.82) is 0 Å². The van der Waals surface area contributed by atoms with Crippen molar-refractivity contribution in [2.75, 3.05) is 46.4 Å². The average Bonchev–Trinajstić information content (AvgIpc) is 3.05. The largest absolute Gasteiger partial charge is 0.383 e. The number of carbonyl (C=O) groups is 1. The summed E-state index contributed by atoms with van der Waals surface area (Å²) < 4.78 is 32.2. The number of ether oxygens (including phenoxy) is 1. The average molecular weight is 390 g/mol. The highest BCUT2D eigenvalue weighted by molar-refractivity contribution is 7.91. The van der Waals surface area contributed by atoms with Crippen LogP contribution >= 0.6 is 11.3 Å². The Hall–Kier alpha value is -1.00. The van der Waals surface area contributed by atoms with Crippen LogP contribution in [0.15, 0.2) is 16.3 Å². The lowest BCUT2D eigenvalue weighted by molar-refractivity contribution is -0.126. The molecular formula is C16H27N3O4S2. The van der Waals surface area contributed by atoms with Gasteiger partial charge in [-0.2, -0.15) is 4.31 Å². The van der Waals surface area contributed by atoms with Crippen molar-refractivity contribution >= 4 is 27.3 Å². The molecule has 1 aliphatic rings. The number of aryl methyl sites for hydroxylation is 1. The predicted octanol–water partition coefficient (Wildman–Crippen LogP) is 0.809. The van der Waals surface area contributed by atoms with Gasteiger partial charge in [-0.05, 0) is 31.9 Å². The summed E-state index contributed by atoms with van der Waals surface area (Å²) >= 11 is 1.27. The maximum Gasteiger partial charge on any atom is 0.252 e. The molecular weight excluding hydrogens is 362 g/mol. The number of methoxy groups -OCH3 is 1. The van der Waals surface area contributed by atoms with Crippen LogP contribution in [0.2, 0.25) is 0 Å². The zero-order chi connectivity index (χ0) is 18.3. The molecule has 2 N–H and O–H groups in total. The van der Waals surface area contributed by atoms with Crippen LogP contribution in [-0.4, -0.2) is 65.1 Å². The molecule has 25 heavy (non-hydrogen) atoms. The Morgan fingerprint density at radius 3 is 2.84 bits per heavy atom. The van der Waals surface area contributed by atoms with Crippen molar-refractivity contribution in [2.24, 2.45) is 5.92 Å². The number of rotatable bonds is 9. The van der Waals surface area contributed by atoms with E-state index >= 15 is 0 Å². The highest BCUT2D eigenvalue weighted by Crippen LogP contribution is 2.28. The first-order valence-corrected chi connectivity index (χ1v) is 10.7. The van der Waals surface area contributed by atoms with E-state index in [2.05, 4.69) is 10.6 Å². The van der Waals surface area contributed by atoms with E-state index in [0.717, 1.165) is 17.8 Å². The summed E-state index contributed by atoms with van der Waals surface area (Å²) in [5, 5.41) is 6.04. The van der Waals surface area contributed by atoms with Gasteiger partial charge in [-0.1, -0.05) is 0 Å². The van der Waals surface area contributed by atoms with Crippen LogP contribution in [0, 0.1) is 12.8 Å². The number of piperidine rings is 1. The van der Waals surface area contributed by atoms with Crippen LogP contribution in [0.4, 0.5) is 0 Å². The lowest BCUT2D eigenvalue weighted by atomic mass is 9.99. The molecule has 2 rings (SSSR count). The van der Waals surface area contributed by atoms with E-state index in [1.807, 2.05) is 13.0 Å². The zero-order valence-corrected chi connectivity index (χ0v) is 16.4. The van der Waals surface area contributed by atoms with Crippen molar-refractivity contribution in [3.05, 3.63) is 17.0 Å². The Bertz CT molecular complexity index is 660. The first kappa shape index (κ1) is 20.3. The molecule has 0 radical (unpaired) electrons. The van der Waals surface area contributed by atoms with E-state index in [1.165, 1.54) is 15.6 Å². The number of thiophene rings is 1. The van der Waals surface area contributed by atoms with Gasteiger partial charge in [-0.25, -0.2) is 8.42 Å². The molecule has 0 saturated carbocycles. The fourth-order valence-corrected chi connectivity index (χ4v) is 5.73. The monoisotopic (exact) mass is 389 g/mol. The molecule has 0 aliphatic carbocycles. The van der Waals surface area contributed by atoms with Crippen LogP contribution in [0.5, 0.6) is 0 Å². The van der Waals surface area contributed by atoms with Crippen molar-refractivity contribution in [3.8, 4) is 0 Å². The van der Waals surface area contributed by atoms with Gasteiger partial charge < -0.3 is 15.4 Å². The van der Waals surface area contributed by atoms with Crippen molar-refractivity contribution < 1.29 is 17.9 Å². The van der Waals surface area contributed by atoms with Gasteiger partial charge in [0.15, 0.2) is 0 Å². The number of amides is 1. The van der Waals surface area contributed by atoms with Crippen molar-refractivity contribution in [3.63, 3.8) is 0 Å². The molecule has 0 aromatic carbocycles. The molecule has 2 heterocycles. The third-order valence-corrected chi connectivity index (χ3v) is 7.48. The first-order valence-electron chi connectivity index (χ1n) is 8.49. The summed E-state index contributed by atoms with van der Waals surface area (Å²) in [5.41, 5.74) is 0. The Labute approximate surface area is 153 Å². The Balaban J connectivity index is 1.84. The highest BCUT2D eigenvalue weighted by Gasteiger charge is 2.33. The minimum atomic E-state index is -3.50. The lowest BCUT2D eigenvalue weighted by Crippen LogP contribution is -2.46. The summed E-state index contributed by atoms with van der Waals surface area (Å²) in [7, 11) is -1.85. The normalized spacial score (nSPS) is 19.0. The quantitative estimate of drug-likeness (QED) is 0.610. The third kappa shape index (κ3) is 5.75. The molecule has 0 bridgehead atoms. The van der Waals surface area contributed by atoms with Crippen LogP contribution in [0.1, 0.15) is 17.7 Å². The van der Waals surface area contributed by atoms with Crippen molar-refractivity contribution in [2.45, 2.75) is 24.0 Å². The summed E-state index contributed by atoms with van der Waals surface area (Å²) in [6, 6.07) is 3.45. The smallest absolute Gasteiger partial charge is 0.252 e. The van der Waals surface area contributed by atoms with Gasteiger partial charge in [-0.15, -0.1) is 11.3 Å². The number of hydrogen-bond donors (Lipinski definition) is 2. The number of nitrogens with one attached hydrogen (secondary N) is 2. The number of sulfonamides is 1. The van der Waals surface area contributed by atoms with Crippen LogP contribution < -0.4 is 10.6 Å². The molecule has 9 heteroatoms. The number of carbonyl (C=O) groups excluding carboxylic acids is 1. The number of nitrogens with zero attached hydrogens (tertiary/aromatic N) is 1. The van der Waals surface area contributed by atoms with Crippen LogP contribution in [0.25, 0.3) is 0 Å². The molecule has 1 unspecified atom stereocenters. The molecule has 1 aromatic rings. The highest BCUT2D eigenvalue weighted by atomic mass is 32.2. The second-order valence-corrected chi connectivity index (χ2v) is 9.55. The summed E-state index contributed by atoms with van der Waals surface area (Å²) in [5.74, 6) is -0.362. The second-order valence-electron chi connectivity index (χ2n) is 6.10. The van der Waals surface area contributed by atoms with E-state index in [9.17, 15) is 13.2 Å². The topological polar surface area (TPSA) is 87.7 Å². The molecule has 1 aliphatic heterocycles. The predicted molar refractivity (Wildman–Crippen MR) is 98.3 cm³/mol. The minimum absolute atomic E-state index is 0.0733. The lowest BCUT2D eigenvalue weighted by Gasteiger charge is -2.30. The third-order valence-electron chi connectivity index (χ3n) is 4.15. The first-order chi connectivity index (χ1) is 11.9. The molecule has 1 amide bonds. The molecule has 0 spiro atoms. The van der Waals surface area contributed by atoms with Gasteiger partial charge >= 0.3 is 0 Å². The van der Waals surface area contributed by atoms with Gasteiger partial charge in [0.2, 0.25) is 5.91 Å². The second kappa shape index (κ2) is 9.63. The SMILES string of the molecule is COCCNCCNC(=O)C1CCCN(S(=O)(=O)c2ccc(C)s2)C1. The van der Waals surface area contributed by atoms with Gasteiger partial charge in [0.25, 0.3) is 10.0 Å². The molecule has 1 atom stereocenters. The van der Waals surface area contributed by atoms with Gasteiger partial charge in [-0.3, -0.25) is 4.79 Å². The maximum atomic E-state index is 12.7. The zero-order valence-electron chi connectivity index (χ0n) is 14.8. The fourth-order valence-electron chi connectivity index (χ4n) is 2.77. The molecule has 1 aromatic heterocycles. The Morgan fingerprint density at radius 1 is 1.36 bits per heavy atom. The molecule has 142 valence electrons. The standard InChI is InChI=1S/C16H27N3O4S2/c1-13-5-6-15(24-13)25(21,22)19-10-3-4-14(12-19)16(20)18-8-7-17-9-11-23-2/h5-6,14,17H,3-4,7-12H2,1-2H3,(H,18,20). The fraction of sp³-hybridized carbons (Fsp3) is 0.688.